The molecule has 0 aromatic carbocycles. The number of nitrogens with one attached hydrogen (secondary N) is 1. The van der Waals surface area contributed by atoms with Gasteiger partial charge in [0.2, 0.25) is 5.91 Å². The highest BCUT2D eigenvalue weighted by atomic mass is 32.2. The summed E-state index contributed by atoms with van der Waals surface area (Å²) in [6.45, 7) is 3.80. The summed E-state index contributed by atoms with van der Waals surface area (Å²) in [5.74, 6) is 0.721. The molecule has 1 fully saturated rings. The number of thiazole rings is 1. The Bertz CT molecular complexity index is 729. The Balaban J connectivity index is 1.73. The van der Waals surface area contributed by atoms with Gasteiger partial charge in [0.05, 0.1) is 11.4 Å². The third kappa shape index (κ3) is 3.53. The maximum absolute atomic E-state index is 12.6. The number of amides is 2. The maximum atomic E-state index is 12.6. The lowest BCUT2D eigenvalue weighted by atomic mass is 10.2. The van der Waals surface area contributed by atoms with Gasteiger partial charge in [-0.1, -0.05) is 0 Å². The van der Waals surface area contributed by atoms with E-state index in [1.165, 1.54) is 11.3 Å². The second kappa shape index (κ2) is 6.67. The number of nitrogens with zero attached hydrogens (tertiary/aromatic N) is 3. The Morgan fingerprint density at radius 2 is 2.09 bits per heavy atom. The molecule has 0 unspecified atom stereocenters. The molecule has 1 atom stereocenters. The van der Waals surface area contributed by atoms with Crippen LogP contribution < -0.4 is 5.32 Å². The lowest BCUT2D eigenvalue weighted by molar-refractivity contribution is -0.119. The number of carbonyl (C=O) groups excluding carboxylic acids is 2. The van der Waals surface area contributed by atoms with Crippen LogP contribution in [0, 0.1) is 13.8 Å². The third-order valence-electron chi connectivity index (χ3n) is 3.46. The number of rotatable bonds is 3. The number of thioether (sulfide) groups is 1. The number of hydrogen-bond acceptors (Lipinski definition) is 6. The third-order valence-corrected chi connectivity index (χ3v) is 5.30. The zero-order valence-corrected chi connectivity index (χ0v) is 14.4. The summed E-state index contributed by atoms with van der Waals surface area (Å²) in [7, 11) is 0. The van der Waals surface area contributed by atoms with Crippen LogP contribution in [0.4, 0.5) is 5.13 Å². The van der Waals surface area contributed by atoms with E-state index in [-0.39, 0.29) is 11.8 Å². The zero-order chi connectivity index (χ0) is 16.4. The predicted octanol–water partition coefficient (Wildman–Crippen LogP) is 2.31. The molecule has 3 rings (SSSR count). The summed E-state index contributed by atoms with van der Waals surface area (Å²) in [4.78, 5) is 36.0. The smallest absolute Gasteiger partial charge is 0.256 e. The molecule has 1 N–H and O–H groups in total. The first-order chi connectivity index (χ1) is 11.0. The number of carbonyl (C=O) groups is 2. The normalized spacial score (nSPS) is 17.3. The van der Waals surface area contributed by atoms with Gasteiger partial charge in [-0.3, -0.25) is 14.6 Å². The van der Waals surface area contributed by atoms with Crippen molar-refractivity contribution < 1.29 is 9.59 Å². The van der Waals surface area contributed by atoms with Crippen molar-refractivity contribution in [3.8, 4) is 0 Å². The first-order valence-corrected chi connectivity index (χ1v) is 9.06. The number of aromatic nitrogens is 2. The molecule has 1 aliphatic heterocycles. The molecule has 2 aromatic heterocycles. The molecule has 2 aromatic rings. The second-order valence-electron chi connectivity index (χ2n) is 5.24. The van der Waals surface area contributed by atoms with Crippen LogP contribution in [0.3, 0.4) is 0 Å². The zero-order valence-electron chi connectivity index (χ0n) is 12.8. The minimum atomic E-state index is -0.488. The highest BCUT2D eigenvalue weighted by Gasteiger charge is 2.35. The minimum Gasteiger partial charge on any atom is -0.316 e. The van der Waals surface area contributed by atoms with Crippen molar-refractivity contribution in [3.63, 3.8) is 0 Å². The van der Waals surface area contributed by atoms with Gasteiger partial charge in [0.25, 0.3) is 5.91 Å². The van der Waals surface area contributed by atoms with Crippen molar-refractivity contribution in [1.29, 1.82) is 0 Å². The van der Waals surface area contributed by atoms with Gasteiger partial charge < -0.3 is 10.2 Å². The van der Waals surface area contributed by atoms with Crippen LogP contribution in [-0.4, -0.2) is 44.4 Å². The van der Waals surface area contributed by atoms with Crippen molar-refractivity contribution in [2.75, 3.05) is 16.9 Å². The number of aryl methyl sites for hydroxylation is 2. The van der Waals surface area contributed by atoms with Crippen molar-refractivity contribution in [3.05, 3.63) is 40.7 Å². The fourth-order valence-electron chi connectivity index (χ4n) is 2.22. The number of anilines is 1. The summed E-state index contributed by atoms with van der Waals surface area (Å²) in [5.41, 5.74) is 1.35. The van der Waals surface area contributed by atoms with Crippen LogP contribution in [0.1, 0.15) is 20.9 Å². The van der Waals surface area contributed by atoms with Gasteiger partial charge in [0, 0.05) is 28.7 Å². The Morgan fingerprint density at radius 1 is 1.26 bits per heavy atom. The van der Waals surface area contributed by atoms with E-state index < -0.39 is 6.04 Å². The van der Waals surface area contributed by atoms with E-state index in [0.717, 1.165) is 10.6 Å². The van der Waals surface area contributed by atoms with Crippen molar-refractivity contribution in [2.45, 2.75) is 19.9 Å². The van der Waals surface area contributed by atoms with E-state index in [2.05, 4.69) is 15.3 Å². The van der Waals surface area contributed by atoms with Crippen molar-refractivity contribution >= 4 is 40.0 Å². The van der Waals surface area contributed by atoms with Gasteiger partial charge in [-0.05, 0) is 26.0 Å². The molecule has 0 bridgehead atoms. The molecule has 2 amide bonds. The lowest BCUT2D eigenvalue weighted by Gasteiger charge is -2.22. The minimum absolute atomic E-state index is 0.169. The molecule has 8 heteroatoms. The second-order valence-corrected chi connectivity index (χ2v) is 7.48. The van der Waals surface area contributed by atoms with E-state index in [0.29, 0.717) is 22.3 Å². The average molecular weight is 348 g/mol. The first kappa shape index (κ1) is 15.9. The van der Waals surface area contributed by atoms with Gasteiger partial charge in [-0.15, -0.1) is 23.1 Å². The van der Waals surface area contributed by atoms with Crippen LogP contribution >= 0.6 is 23.1 Å². The molecule has 120 valence electrons. The quantitative estimate of drug-likeness (QED) is 0.921. The van der Waals surface area contributed by atoms with E-state index in [4.69, 9.17) is 0 Å². The fourth-order valence-corrected chi connectivity index (χ4v) is 4.04. The van der Waals surface area contributed by atoms with Gasteiger partial charge >= 0.3 is 0 Å². The van der Waals surface area contributed by atoms with Gasteiger partial charge in [0.1, 0.15) is 6.04 Å². The van der Waals surface area contributed by atoms with E-state index in [1.807, 2.05) is 13.8 Å². The summed E-state index contributed by atoms with van der Waals surface area (Å²) in [6.07, 6.45) is 3.27. The maximum Gasteiger partial charge on any atom is 0.256 e. The van der Waals surface area contributed by atoms with Gasteiger partial charge in [-0.2, -0.15) is 0 Å². The van der Waals surface area contributed by atoms with Gasteiger partial charge in [-0.25, -0.2) is 4.98 Å². The lowest BCUT2D eigenvalue weighted by Crippen LogP contribution is -2.44. The SMILES string of the molecule is Cc1ccc(C(=O)N2CSC[C@H]2C(=O)Nc2ncc(C)s2)cn1. The Labute approximate surface area is 142 Å². The molecule has 1 saturated heterocycles. The van der Waals surface area contributed by atoms with Gasteiger partial charge in [0.15, 0.2) is 5.13 Å². The molecule has 6 nitrogen and oxygen atoms in total. The Morgan fingerprint density at radius 3 is 2.74 bits per heavy atom. The molecular formula is C15H16N4O2S2. The molecule has 0 spiro atoms. The van der Waals surface area contributed by atoms with Crippen LogP contribution in [0.5, 0.6) is 0 Å². The molecule has 0 aliphatic carbocycles. The fraction of sp³-hybridized carbons (Fsp3) is 0.333. The van der Waals surface area contributed by atoms with Crippen LogP contribution in [0.2, 0.25) is 0 Å². The highest BCUT2D eigenvalue weighted by molar-refractivity contribution is 7.99. The van der Waals surface area contributed by atoms with E-state index >= 15 is 0 Å². The highest BCUT2D eigenvalue weighted by Crippen LogP contribution is 2.25. The van der Waals surface area contributed by atoms with E-state index in [9.17, 15) is 9.59 Å². The van der Waals surface area contributed by atoms with Crippen molar-refractivity contribution in [1.82, 2.24) is 14.9 Å². The molecule has 3 heterocycles. The number of hydrogen-bond donors (Lipinski definition) is 1. The molecule has 23 heavy (non-hydrogen) atoms. The largest absolute Gasteiger partial charge is 0.316 e. The molecule has 0 saturated carbocycles. The standard InChI is InChI=1S/C15H16N4O2S2/c1-9-3-4-11(6-16-9)14(21)19-8-22-7-12(19)13(20)18-15-17-5-10(2)23-15/h3-6,12H,7-8H2,1-2H3,(H,17,18,20)/t12-/m0/s1. The van der Waals surface area contributed by atoms with E-state index in [1.54, 1.807) is 41.2 Å². The summed E-state index contributed by atoms with van der Waals surface area (Å²) < 4.78 is 0. The molecule has 1 aliphatic rings. The van der Waals surface area contributed by atoms with Crippen LogP contribution in [-0.2, 0) is 4.79 Å². The Hall–Kier alpha value is -1.93. The first-order valence-electron chi connectivity index (χ1n) is 7.09. The summed E-state index contributed by atoms with van der Waals surface area (Å²) in [6, 6.07) is 3.05. The van der Waals surface area contributed by atoms with Crippen molar-refractivity contribution in [2.24, 2.45) is 0 Å². The monoisotopic (exact) mass is 348 g/mol. The van der Waals surface area contributed by atoms with Crippen LogP contribution in [0.15, 0.2) is 24.5 Å². The summed E-state index contributed by atoms with van der Waals surface area (Å²) in [5, 5.41) is 3.36. The summed E-state index contributed by atoms with van der Waals surface area (Å²) >= 11 is 2.99. The molecular weight excluding hydrogens is 332 g/mol. The Kier molecular flexibility index (Phi) is 4.63. The average Bonchev–Trinajstić information content (AvgIpc) is 3.16. The predicted molar refractivity (Wildman–Crippen MR) is 91.7 cm³/mol. The number of pyridine rings is 1. The van der Waals surface area contributed by atoms with Crippen LogP contribution in [0.25, 0.3) is 0 Å². The topological polar surface area (TPSA) is 75.2 Å². The molecule has 0 radical (unpaired) electrons.